The molecule has 0 radical (unpaired) electrons. The third-order valence-electron chi connectivity index (χ3n) is 4.25. The molecule has 1 aromatic heterocycles. The lowest BCUT2D eigenvalue weighted by Crippen LogP contribution is -2.41. The van der Waals surface area contributed by atoms with Crippen LogP contribution >= 0.6 is 0 Å². The van der Waals surface area contributed by atoms with Gasteiger partial charge in [0.05, 0.1) is 6.61 Å². The Morgan fingerprint density at radius 2 is 1.81 bits per heavy atom. The van der Waals surface area contributed by atoms with Gasteiger partial charge in [0.25, 0.3) is 0 Å². The Morgan fingerprint density at radius 1 is 1.12 bits per heavy atom. The maximum Gasteiger partial charge on any atom is 0.319 e. The number of carbonyl (C=O) groups is 1. The van der Waals surface area contributed by atoms with Crippen LogP contribution in [-0.2, 0) is 0 Å². The molecule has 0 spiro atoms. The summed E-state index contributed by atoms with van der Waals surface area (Å²) in [4.78, 5) is 20.3. The fourth-order valence-electron chi connectivity index (χ4n) is 2.97. The van der Waals surface area contributed by atoms with E-state index >= 15 is 0 Å². The molecule has 2 N–H and O–H groups in total. The van der Waals surface area contributed by atoms with Crippen LogP contribution in [0.15, 0.2) is 42.7 Å². The standard InChI is InChI=1S/C19H24N4O3/c1-2-25-16-8-4-14(5-9-16)22-18(24)23-15-6-10-17(11-7-15)26-19-20-12-3-13-21-19/h3-5,8-9,12-13,15,17H,2,6-7,10-11H2,1H3,(H2,22,23,24). The number of carbonyl (C=O) groups excluding carboxylic acids is 1. The molecule has 7 nitrogen and oxygen atoms in total. The minimum atomic E-state index is -0.190. The molecule has 2 amide bonds. The first-order valence-corrected chi connectivity index (χ1v) is 8.97. The smallest absolute Gasteiger partial charge is 0.319 e. The van der Waals surface area contributed by atoms with Gasteiger partial charge in [-0.15, -0.1) is 0 Å². The SMILES string of the molecule is CCOc1ccc(NC(=O)NC2CCC(Oc3ncccn3)CC2)cc1. The van der Waals surface area contributed by atoms with E-state index < -0.39 is 0 Å². The van der Waals surface area contributed by atoms with Crippen LogP contribution in [0.1, 0.15) is 32.6 Å². The summed E-state index contributed by atoms with van der Waals surface area (Å²) in [6.45, 7) is 2.56. The van der Waals surface area contributed by atoms with Gasteiger partial charge in [-0.2, -0.15) is 0 Å². The van der Waals surface area contributed by atoms with Crippen molar-refractivity contribution in [3.8, 4) is 11.8 Å². The van der Waals surface area contributed by atoms with Crippen LogP contribution in [0, 0.1) is 0 Å². The highest BCUT2D eigenvalue weighted by atomic mass is 16.5. The van der Waals surface area contributed by atoms with E-state index in [-0.39, 0.29) is 18.2 Å². The molecule has 0 atom stereocenters. The summed E-state index contributed by atoms with van der Waals surface area (Å²) in [5, 5.41) is 5.88. The summed E-state index contributed by atoms with van der Waals surface area (Å²) < 4.78 is 11.2. The van der Waals surface area contributed by atoms with Crippen molar-refractivity contribution in [2.75, 3.05) is 11.9 Å². The number of benzene rings is 1. The lowest BCUT2D eigenvalue weighted by atomic mass is 9.93. The van der Waals surface area contributed by atoms with Gasteiger partial charge >= 0.3 is 12.0 Å². The van der Waals surface area contributed by atoms with Gasteiger partial charge in [0.15, 0.2) is 0 Å². The molecule has 1 saturated carbocycles. The Hall–Kier alpha value is -2.83. The van der Waals surface area contributed by atoms with Gasteiger partial charge in [0.2, 0.25) is 0 Å². The van der Waals surface area contributed by atoms with Crippen LogP contribution in [0.4, 0.5) is 10.5 Å². The summed E-state index contributed by atoms with van der Waals surface area (Å²) in [6, 6.07) is 9.47. The van der Waals surface area contributed by atoms with Gasteiger partial charge in [-0.25, -0.2) is 14.8 Å². The van der Waals surface area contributed by atoms with Crippen molar-refractivity contribution in [1.29, 1.82) is 0 Å². The largest absolute Gasteiger partial charge is 0.494 e. The average Bonchev–Trinajstić information content (AvgIpc) is 2.66. The number of amides is 2. The quantitative estimate of drug-likeness (QED) is 0.829. The molecule has 1 heterocycles. The zero-order chi connectivity index (χ0) is 18.2. The number of urea groups is 1. The van der Waals surface area contributed by atoms with Crippen molar-refractivity contribution >= 4 is 11.7 Å². The number of rotatable bonds is 6. The van der Waals surface area contributed by atoms with Gasteiger partial charge in [-0.1, -0.05) is 0 Å². The zero-order valence-electron chi connectivity index (χ0n) is 14.9. The van der Waals surface area contributed by atoms with Gasteiger partial charge in [0, 0.05) is 24.1 Å². The van der Waals surface area contributed by atoms with E-state index in [1.54, 1.807) is 18.5 Å². The summed E-state index contributed by atoms with van der Waals surface area (Å²) in [6.07, 6.45) is 6.91. The molecule has 7 heteroatoms. The van der Waals surface area contributed by atoms with E-state index in [1.807, 2.05) is 31.2 Å². The van der Waals surface area contributed by atoms with Crippen molar-refractivity contribution in [3.63, 3.8) is 0 Å². The van der Waals surface area contributed by atoms with Gasteiger partial charge < -0.3 is 20.1 Å². The van der Waals surface area contributed by atoms with E-state index in [4.69, 9.17) is 9.47 Å². The van der Waals surface area contributed by atoms with Crippen LogP contribution < -0.4 is 20.1 Å². The monoisotopic (exact) mass is 356 g/mol. The molecule has 0 aliphatic heterocycles. The third-order valence-corrected chi connectivity index (χ3v) is 4.25. The van der Waals surface area contributed by atoms with Crippen molar-refractivity contribution in [3.05, 3.63) is 42.7 Å². The van der Waals surface area contributed by atoms with Crippen LogP contribution in [0.25, 0.3) is 0 Å². The highest BCUT2D eigenvalue weighted by Crippen LogP contribution is 2.22. The molecule has 1 fully saturated rings. The number of hydrogen-bond donors (Lipinski definition) is 2. The van der Waals surface area contributed by atoms with E-state index in [0.29, 0.717) is 12.6 Å². The number of hydrogen-bond acceptors (Lipinski definition) is 5. The molecular weight excluding hydrogens is 332 g/mol. The minimum Gasteiger partial charge on any atom is -0.494 e. The molecular formula is C19H24N4O3. The Balaban J connectivity index is 1.40. The van der Waals surface area contributed by atoms with Gasteiger partial charge in [0.1, 0.15) is 11.9 Å². The number of aromatic nitrogens is 2. The van der Waals surface area contributed by atoms with Crippen LogP contribution in [0.5, 0.6) is 11.8 Å². The van der Waals surface area contributed by atoms with E-state index in [2.05, 4.69) is 20.6 Å². The van der Waals surface area contributed by atoms with Crippen LogP contribution in [0.2, 0.25) is 0 Å². The molecule has 3 rings (SSSR count). The van der Waals surface area contributed by atoms with Gasteiger partial charge in [-0.3, -0.25) is 0 Å². The molecule has 1 aliphatic rings. The second-order valence-corrected chi connectivity index (χ2v) is 6.18. The van der Waals surface area contributed by atoms with E-state index in [9.17, 15) is 4.79 Å². The molecule has 138 valence electrons. The predicted octanol–water partition coefficient (Wildman–Crippen LogP) is 3.39. The molecule has 0 saturated heterocycles. The van der Waals surface area contributed by atoms with E-state index in [0.717, 1.165) is 37.1 Å². The summed E-state index contributed by atoms with van der Waals surface area (Å²) in [7, 11) is 0. The van der Waals surface area contributed by atoms with Crippen LogP contribution in [-0.4, -0.2) is 34.8 Å². The fourth-order valence-corrected chi connectivity index (χ4v) is 2.97. The van der Waals surface area contributed by atoms with E-state index in [1.165, 1.54) is 0 Å². The molecule has 26 heavy (non-hydrogen) atoms. The lowest BCUT2D eigenvalue weighted by Gasteiger charge is -2.28. The highest BCUT2D eigenvalue weighted by molar-refractivity contribution is 5.89. The number of ether oxygens (including phenoxy) is 2. The minimum absolute atomic E-state index is 0.102. The Labute approximate surface area is 153 Å². The fraction of sp³-hybridized carbons (Fsp3) is 0.421. The van der Waals surface area contributed by atoms with Crippen molar-refractivity contribution in [2.45, 2.75) is 44.8 Å². The van der Waals surface area contributed by atoms with Crippen molar-refractivity contribution < 1.29 is 14.3 Å². The number of nitrogens with zero attached hydrogens (tertiary/aromatic N) is 2. The number of nitrogens with one attached hydrogen (secondary N) is 2. The molecule has 0 unspecified atom stereocenters. The first-order chi connectivity index (χ1) is 12.7. The summed E-state index contributed by atoms with van der Waals surface area (Å²) in [5.74, 6) is 0.791. The highest BCUT2D eigenvalue weighted by Gasteiger charge is 2.24. The second-order valence-electron chi connectivity index (χ2n) is 6.18. The van der Waals surface area contributed by atoms with Crippen molar-refractivity contribution in [1.82, 2.24) is 15.3 Å². The second kappa shape index (κ2) is 9.03. The Bertz CT molecular complexity index is 686. The number of anilines is 1. The summed E-state index contributed by atoms with van der Waals surface area (Å²) in [5.41, 5.74) is 0.740. The lowest BCUT2D eigenvalue weighted by molar-refractivity contribution is 0.129. The normalized spacial score (nSPS) is 19.4. The first kappa shape index (κ1) is 18.0. The first-order valence-electron chi connectivity index (χ1n) is 8.97. The maximum atomic E-state index is 12.2. The Kier molecular flexibility index (Phi) is 6.24. The zero-order valence-corrected chi connectivity index (χ0v) is 14.9. The molecule has 1 aromatic carbocycles. The topological polar surface area (TPSA) is 85.4 Å². The van der Waals surface area contributed by atoms with Crippen LogP contribution in [0.3, 0.4) is 0 Å². The molecule has 0 bridgehead atoms. The van der Waals surface area contributed by atoms with Gasteiger partial charge in [-0.05, 0) is 62.9 Å². The maximum absolute atomic E-state index is 12.2. The molecule has 1 aliphatic carbocycles. The molecule has 2 aromatic rings. The Morgan fingerprint density at radius 3 is 2.46 bits per heavy atom. The third kappa shape index (κ3) is 5.34. The average molecular weight is 356 g/mol. The van der Waals surface area contributed by atoms with Crippen molar-refractivity contribution in [2.24, 2.45) is 0 Å². The predicted molar refractivity (Wildman–Crippen MR) is 98.5 cm³/mol. The summed E-state index contributed by atoms with van der Waals surface area (Å²) >= 11 is 0.